The molecular weight excluding hydrogens is 412 g/mol. The van der Waals surface area contributed by atoms with Crippen LogP contribution >= 0.6 is 15.9 Å². The van der Waals surface area contributed by atoms with Gasteiger partial charge in [-0.3, -0.25) is 4.79 Å². The van der Waals surface area contributed by atoms with Gasteiger partial charge in [-0.15, -0.1) is 0 Å². The van der Waals surface area contributed by atoms with Crippen molar-refractivity contribution in [2.75, 3.05) is 5.32 Å². The summed E-state index contributed by atoms with van der Waals surface area (Å²) in [4.78, 5) is 17.9. The standard InChI is InChI=1S/C24H19BrN2O/c1-2-16-8-11-19(12-9-16)26-24(28)21-15-23(17-6-4-3-5-7-17)27-22-13-10-18(25)14-20(21)22/h3-15H,2H2,1H3,(H,26,28). The maximum atomic E-state index is 13.1. The van der Waals surface area contributed by atoms with Crippen LogP contribution in [-0.2, 0) is 6.42 Å². The maximum Gasteiger partial charge on any atom is 0.256 e. The Morgan fingerprint density at radius 3 is 2.43 bits per heavy atom. The molecule has 1 heterocycles. The van der Waals surface area contributed by atoms with Crippen molar-refractivity contribution in [1.29, 1.82) is 0 Å². The Labute approximate surface area is 172 Å². The second-order valence-corrected chi connectivity index (χ2v) is 7.50. The van der Waals surface area contributed by atoms with E-state index in [0.29, 0.717) is 5.56 Å². The molecule has 0 radical (unpaired) electrons. The summed E-state index contributed by atoms with van der Waals surface area (Å²) in [6.07, 6.45) is 0.970. The predicted molar refractivity (Wildman–Crippen MR) is 119 cm³/mol. The highest BCUT2D eigenvalue weighted by molar-refractivity contribution is 9.10. The van der Waals surface area contributed by atoms with Gasteiger partial charge in [0.25, 0.3) is 5.91 Å². The van der Waals surface area contributed by atoms with Crippen molar-refractivity contribution in [2.24, 2.45) is 0 Å². The summed E-state index contributed by atoms with van der Waals surface area (Å²) in [5.74, 6) is -0.146. The van der Waals surface area contributed by atoms with Gasteiger partial charge in [0.15, 0.2) is 0 Å². The molecule has 0 aliphatic rings. The van der Waals surface area contributed by atoms with Crippen LogP contribution in [0, 0.1) is 0 Å². The number of nitrogens with zero attached hydrogens (tertiary/aromatic N) is 1. The molecular formula is C24H19BrN2O. The van der Waals surface area contributed by atoms with Crippen molar-refractivity contribution in [2.45, 2.75) is 13.3 Å². The average molecular weight is 431 g/mol. The quantitative estimate of drug-likeness (QED) is 0.402. The van der Waals surface area contributed by atoms with Crippen LogP contribution in [0.5, 0.6) is 0 Å². The maximum absolute atomic E-state index is 13.1. The number of fused-ring (bicyclic) bond motifs is 1. The molecule has 4 heteroatoms. The van der Waals surface area contributed by atoms with Crippen molar-refractivity contribution in [3.8, 4) is 11.3 Å². The fourth-order valence-corrected chi connectivity index (χ4v) is 3.53. The highest BCUT2D eigenvalue weighted by Gasteiger charge is 2.15. The van der Waals surface area contributed by atoms with E-state index >= 15 is 0 Å². The third-order valence-corrected chi connectivity index (χ3v) is 5.20. The smallest absolute Gasteiger partial charge is 0.256 e. The van der Waals surface area contributed by atoms with E-state index in [-0.39, 0.29) is 5.91 Å². The van der Waals surface area contributed by atoms with Crippen LogP contribution in [0.25, 0.3) is 22.2 Å². The van der Waals surface area contributed by atoms with Crippen molar-refractivity contribution in [3.05, 3.63) is 94.5 Å². The number of halogens is 1. The molecule has 0 unspecified atom stereocenters. The van der Waals surface area contributed by atoms with Gasteiger partial charge in [0.2, 0.25) is 0 Å². The Kier molecular flexibility index (Phi) is 5.22. The molecule has 3 aromatic carbocycles. The first kappa shape index (κ1) is 18.4. The van der Waals surface area contributed by atoms with E-state index in [9.17, 15) is 4.79 Å². The normalized spacial score (nSPS) is 10.8. The molecule has 0 fully saturated rings. The molecule has 0 saturated carbocycles. The van der Waals surface area contributed by atoms with E-state index in [4.69, 9.17) is 4.98 Å². The number of nitrogens with one attached hydrogen (secondary N) is 1. The number of anilines is 1. The lowest BCUT2D eigenvalue weighted by Crippen LogP contribution is -2.13. The Balaban J connectivity index is 1.78. The molecule has 4 aromatic rings. The number of amides is 1. The van der Waals surface area contributed by atoms with E-state index in [0.717, 1.165) is 38.7 Å². The number of hydrogen-bond acceptors (Lipinski definition) is 2. The summed E-state index contributed by atoms with van der Waals surface area (Å²) in [5, 5.41) is 3.83. The van der Waals surface area contributed by atoms with Crippen LogP contribution in [-0.4, -0.2) is 10.9 Å². The average Bonchev–Trinajstić information content (AvgIpc) is 2.74. The molecule has 138 valence electrons. The first-order chi connectivity index (χ1) is 13.6. The third-order valence-electron chi connectivity index (χ3n) is 4.70. The summed E-state index contributed by atoms with van der Waals surface area (Å²) in [6.45, 7) is 2.11. The Morgan fingerprint density at radius 2 is 1.71 bits per heavy atom. The zero-order chi connectivity index (χ0) is 19.5. The van der Waals surface area contributed by atoms with E-state index in [2.05, 4.69) is 28.2 Å². The molecule has 28 heavy (non-hydrogen) atoms. The predicted octanol–water partition coefficient (Wildman–Crippen LogP) is 6.48. The summed E-state index contributed by atoms with van der Waals surface area (Å²) in [5.41, 5.74) is 5.17. The number of rotatable bonds is 4. The summed E-state index contributed by atoms with van der Waals surface area (Å²) in [7, 11) is 0. The molecule has 1 amide bonds. The Hall–Kier alpha value is -2.98. The van der Waals surface area contributed by atoms with Crippen molar-refractivity contribution in [1.82, 2.24) is 4.98 Å². The highest BCUT2D eigenvalue weighted by atomic mass is 79.9. The molecule has 0 aliphatic heterocycles. The largest absolute Gasteiger partial charge is 0.322 e. The lowest BCUT2D eigenvalue weighted by molar-refractivity contribution is 0.102. The van der Waals surface area contributed by atoms with Gasteiger partial charge in [-0.05, 0) is 48.4 Å². The van der Waals surface area contributed by atoms with E-state index in [1.807, 2.05) is 78.9 Å². The van der Waals surface area contributed by atoms with Crippen LogP contribution < -0.4 is 5.32 Å². The van der Waals surface area contributed by atoms with E-state index in [1.165, 1.54) is 5.56 Å². The van der Waals surface area contributed by atoms with Gasteiger partial charge in [-0.1, -0.05) is 65.3 Å². The lowest BCUT2D eigenvalue weighted by atomic mass is 10.0. The minimum atomic E-state index is -0.146. The number of aromatic nitrogens is 1. The highest BCUT2D eigenvalue weighted by Crippen LogP contribution is 2.28. The topological polar surface area (TPSA) is 42.0 Å². The van der Waals surface area contributed by atoms with Crippen molar-refractivity contribution >= 4 is 38.4 Å². The van der Waals surface area contributed by atoms with Crippen molar-refractivity contribution in [3.63, 3.8) is 0 Å². The number of benzene rings is 3. The molecule has 0 spiro atoms. The second kappa shape index (κ2) is 7.95. The molecule has 0 bridgehead atoms. The van der Waals surface area contributed by atoms with Crippen molar-refractivity contribution < 1.29 is 4.79 Å². The molecule has 4 rings (SSSR count). The number of aryl methyl sites for hydroxylation is 1. The van der Waals surface area contributed by atoms with Crippen LogP contribution in [0.1, 0.15) is 22.8 Å². The first-order valence-corrected chi connectivity index (χ1v) is 9.99. The monoisotopic (exact) mass is 430 g/mol. The minimum absolute atomic E-state index is 0.146. The van der Waals surface area contributed by atoms with Gasteiger partial charge in [0, 0.05) is 21.1 Å². The summed E-state index contributed by atoms with van der Waals surface area (Å²) in [6, 6.07) is 25.5. The summed E-state index contributed by atoms with van der Waals surface area (Å²) < 4.78 is 0.913. The molecule has 0 atom stereocenters. The van der Waals surface area contributed by atoms with Crippen LogP contribution in [0.2, 0.25) is 0 Å². The van der Waals surface area contributed by atoms with E-state index in [1.54, 1.807) is 0 Å². The summed E-state index contributed by atoms with van der Waals surface area (Å²) >= 11 is 3.50. The Bertz CT molecular complexity index is 1140. The van der Waals surface area contributed by atoms with Crippen LogP contribution in [0.15, 0.2) is 83.3 Å². The number of pyridine rings is 1. The fraction of sp³-hybridized carbons (Fsp3) is 0.0833. The van der Waals surface area contributed by atoms with Crippen LogP contribution in [0.4, 0.5) is 5.69 Å². The van der Waals surface area contributed by atoms with Gasteiger partial charge < -0.3 is 5.32 Å². The molecule has 0 aliphatic carbocycles. The van der Waals surface area contributed by atoms with Crippen LogP contribution in [0.3, 0.4) is 0 Å². The van der Waals surface area contributed by atoms with Gasteiger partial charge in [-0.2, -0.15) is 0 Å². The fourth-order valence-electron chi connectivity index (χ4n) is 3.16. The zero-order valence-corrected chi connectivity index (χ0v) is 17.0. The first-order valence-electron chi connectivity index (χ1n) is 9.20. The van der Waals surface area contributed by atoms with Gasteiger partial charge in [0.1, 0.15) is 0 Å². The second-order valence-electron chi connectivity index (χ2n) is 6.59. The number of carbonyl (C=O) groups excluding carboxylic acids is 1. The zero-order valence-electron chi connectivity index (χ0n) is 15.4. The Morgan fingerprint density at radius 1 is 0.964 bits per heavy atom. The minimum Gasteiger partial charge on any atom is -0.322 e. The molecule has 0 saturated heterocycles. The molecule has 1 N–H and O–H groups in total. The SMILES string of the molecule is CCc1ccc(NC(=O)c2cc(-c3ccccc3)nc3ccc(Br)cc23)cc1. The lowest BCUT2D eigenvalue weighted by Gasteiger charge is -2.11. The van der Waals surface area contributed by atoms with E-state index < -0.39 is 0 Å². The van der Waals surface area contributed by atoms with Gasteiger partial charge in [-0.25, -0.2) is 4.98 Å². The third kappa shape index (κ3) is 3.82. The number of carbonyl (C=O) groups is 1. The molecule has 3 nitrogen and oxygen atoms in total. The van der Waals surface area contributed by atoms with Gasteiger partial charge >= 0.3 is 0 Å². The van der Waals surface area contributed by atoms with Gasteiger partial charge in [0.05, 0.1) is 16.8 Å². The number of hydrogen-bond donors (Lipinski definition) is 1. The molecule has 1 aromatic heterocycles.